The number of carboxylic acid groups (broad SMARTS) is 1. The normalized spacial score (nSPS) is 10.0. The molecule has 5 nitrogen and oxygen atoms in total. The van der Waals surface area contributed by atoms with Crippen LogP contribution in [0.25, 0.3) is 0 Å². The molecule has 22 heavy (non-hydrogen) atoms. The zero-order chi connectivity index (χ0) is 15.9. The molecular weight excluding hydrogens is 280 g/mol. The van der Waals surface area contributed by atoms with Crippen LogP contribution >= 0.6 is 0 Å². The van der Waals surface area contributed by atoms with E-state index in [1.54, 1.807) is 24.3 Å². The summed E-state index contributed by atoms with van der Waals surface area (Å²) < 4.78 is 0. The fourth-order valence-electron chi connectivity index (χ4n) is 2.01. The zero-order valence-corrected chi connectivity index (χ0v) is 12.3. The summed E-state index contributed by atoms with van der Waals surface area (Å²) in [7, 11) is 0. The molecule has 2 N–H and O–H groups in total. The van der Waals surface area contributed by atoms with E-state index < -0.39 is 5.97 Å². The average Bonchev–Trinajstić information content (AvgIpc) is 2.52. The first-order valence-corrected chi connectivity index (χ1v) is 6.94. The molecule has 2 rings (SSSR count). The number of anilines is 2. The van der Waals surface area contributed by atoms with Gasteiger partial charge in [0.15, 0.2) is 0 Å². The Hall–Kier alpha value is -2.82. The standard InChI is InChI=1S/C17H18N2O3/c1-13-7-9-14(10-8-13)18-11-16(20)19(12-17(21)22)15-5-3-2-4-6-15/h2-10,18H,11-12H2,1H3,(H,21,22). The predicted molar refractivity (Wildman–Crippen MR) is 86.1 cm³/mol. The zero-order valence-electron chi connectivity index (χ0n) is 12.3. The van der Waals surface area contributed by atoms with Crippen LogP contribution in [-0.2, 0) is 9.59 Å². The Bertz CT molecular complexity index is 639. The van der Waals surface area contributed by atoms with Crippen molar-refractivity contribution in [1.29, 1.82) is 0 Å². The molecule has 0 fully saturated rings. The maximum absolute atomic E-state index is 12.3. The smallest absolute Gasteiger partial charge is 0.323 e. The van der Waals surface area contributed by atoms with Crippen LogP contribution in [0.15, 0.2) is 54.6 Å². The fourth-order valence-corrected chi connectivity index (χ4v) is 2.01. The van der Waals surface area contributed by atoms with Gasteiger partial charge in [0.25, 0.3) is 0 Å². The van der Waals surface area contributed by atoms with Crippen LogP contribution in [0, 0.1) is 6.92 Å². The molecule has 0 radical (unpaired) electrons. The molecule has 2 aromatic rings. The number of rotatable bonds is 6. The third-order valence-electron chi connectivity index (χ3n) is 3.16. The summed E-state index contributed by atoms with van der Waals surface area (Å²) in [6.45, 7) is 1.66. The summed E-state index contributed by atoms with van der Waals surface area (Å²) in [5.41, 5.74) is 2.52. The minimum Gasteiger partial charge on any atom is -0.480 e. The number of hydrogen-bond acceptors (Lipinski definition) is 3. The third-order valence-corrected chi connectivity index (χ3v) is 3.16. The summed E-state index contributed by atoms with van der Waals surface area (Å²) in [5.74, 6) is -1.35. The van der Waals surface area contributed by atoms with Gasteiger partial charge in [0.05, 0.1) is 6.54 Å². The van der Waals surface area contributed by atoms with E-state index in [0.29, 0.717) is 5.69 Å². The molecule has 0 aliphatic carbocycles. The molecule has 0 saturated carbocycles. The van der Waals surface area contributed by atoms with Crippen LogP contribution in [-0.4, -0.2) is 30.1 Å². The van der Waals surface area contributed by atoms with Crippen molar-refractivity contribution in [3.8, 4) is 0 Å². The largest absolute Gasteiger partial charge is 0.480 e. The number of benzene rings is 2. The van der Waals surface area contributed by atoms with Gasteiger partial charge in [-0.15, -0.1) is 0 Å². The second kappa shape index (κ2) is 7.26. The Morgan fingerprint density at radius 2 is 1.68 bits per heavy atom. The first-order valence-electron chi connectivity index (χ1n) is 6.94. The van der Waals surface area contributed by atoms with Crippen molar-refractivity contribution in [2.75, 3.05) is 23.3 Å². The van der Waals surface area contributed by atoms with Gasteiger partial charge >= 0.3 is 5.97 Å². The van der Waals surface area contributed by atoms with Gasteiger partial charge < -0.3 is 10.4 Å². The highest BCUT2D eigenvalue weighted by atomic mass is 16.4. The van der Waals surface area contributed by atoms with Crippen molar-refractivity contribution in [2.24, 2.45) is 0 Å². The first kappa shape index (κ1) is 15.6. The minimum absolute atomic E-state index is 0.0330. The lowest BCUT2D eigenvalue weighted by molar-refractivity contribution is -0.136. The van der Waals surface area contributed by atoms with E-state index in [1.165, 1.54) is 4.90 Å². The Morgan fingerprint density at radius 3 is 2.27 bits per heavy atom. The van der Waals surface area contributed by atoms with Gasteiger partial charge in [0, 0.05) is 11.4 Å². The monoisotopic (exact) mass is 298 g/mol. The van der Waals surface area contributed by atoms with E-state index in [2.05, 4.69) is 5.32 Å². The lowest BCUT2D eigenvalue weighted by atomic mass is 10.2. The van der Waals surface area contributed by atoms with Crippen molar-refractivity contribution in [1.82, 2.24) is 0 Å². The Labute approximate surface area is 129 Å². The molecule has 0 aromatic heterocycles. The number of carbonyl (C=O) groups is 2. The second-order valence-electron chi connectivity index (χ2n) is 4.93. The molecule has 0 unspecified atom stereocenters. The minimum atomic E-state index is -1.05. The van der Waals surface area contributed by atoms with Crippen LogP contribution in [0.5, 0.6) is 0 Å². The van der Waals surface area contributed by atoms with Gasteiger partial charge in [-0.05, 0) is 31.2 Å². The molecule has 0 spiro atoms. The van der Waals surface area contributed by atoms with E-state index in [-0.39, 0.29) is 19.0 Å². The van der Waals surface area contributed by atoms with Crippen molar-refractivity contribution < 1.29 is 14.7 Å². The molecule has 114 valence electrons. The second-order valence-corrected chi connectivity index (χ2v) is 4.93. The van der Waals surface area contributed by atoms with Crippen molar-refractivity contribution in [3.05, 3.63) is 60.2 Å². The first-order chi connectivity index (χ1) is 10.6. The fraction of sp³-hybridized carbons (Fsp3) is 0.176. The molecule has 0 aliphatic heterocycles. The summed E-state index contributed by atoms with van der Waals surface area (Å²) in [5, 5.41) is 12.0. The van der Waals surface area contributed by atoms with Crippen molar-refractivity contribution in [3.63, 3.8) is 0 Å². The molecule has 0 atom stereocenters. The summed E-state index contributed by atoms with van der Waals surface area (Å²) in [4.78, 5) is 24.6. The van der Waals surface area contributed by atoms with Crippen LogP contribution < -0.4 is 10.2 Å². The molecule has 0 saturated heterocycles. The van der Waals surface area contributed by atoms with E-state index in [4.69, 9.17) is 5.11 Å². The lowest BCUT2D eigenvalue weighted by Gasteiger charge is -2.21. The number of amides is 1. The number of hydrogen-bond donors (Lipinski definition) is 2. The van der Waals surface area contributed by atoms with Gasteiger partial charge in [-0.1, -0.05) is 35.9 Å². The van der Waals surface area contributed by atoms with Gasteiger partial charge in [0.2, 0.25) is 5.91 Å². The molecule has 0 aliphatic rings. The van der Waals surface area contributed by atoms with Crippen LogP contribution in [0.1, 0.15) is 5.56 Å². The number of para-hydroxylation sites is 1. The lowest BCUT2D eigenvalue weighted by Crippen LogP contribution is -2.39. The van der Waals surface area contributed by atoms with Gasteiger partial charge in [-0.25, -0.2) is 0 Å². The number of carbonyl (C=O) groups excluding carboxylic acids is 1. The SMILES string of the molecule is Cc1ccc(NCC(=O)N(CC(=O)O)c2ccccc2)cc1. The van der Waals surface area contributed by atoms with Crippen LogP contribution in [0.2, 0.25) is 0 Å². The van der Waals surface area contributed by atoms with E-state index >= 15 is 0 Å². The van der Waals surface area contributed by atoms with Gasteiger partial charge in [-0.2, -0.15) is 0 Å². The van der Waals surface area contributed by atoms with E-state index in [1.807, 2.05) is 37.3 Å². The van der Waals surface area contributed by atoms with Crippen molar-refractivity contribution >= 4 is 23.3 Å². The van der Waals surface area contributed by atoms with Crippen molar-refractivity contribution in [2.45, 2.75) is 6.92 Å². The maximum Gasteiger partial charge on any atom is 0.323 e. The molecular formula is C17H18N2O3. The molecule has 1 amide bonds. The number of carboxylic acids is 1. The third kappa shape index (κ3) is 4.34. The number of aliphatic carboxylic acids is 1. The maximum atomic E-state index is 12.3. The average molecular weight is 298 g/mol. The van der Waals surface area contributed by atoms with Gasteiger partial charge in [-0.3, -0.25) is 14.5 Å². The van der Waals surface area contributed by atoms with Crippen LogP contribution in [0.4, 0.5) is 11.4 Å². The highest BCUT2D eigenvalue weighted by molar-refractivity contribution is 5.99. The Kier molecular flexibility index (Phi) is 5.14. The Morgan fingerprint density at radius 1 is 1.05 bits per heavy atom. The number of nitrogens with one attached hydrogen (secondary N) is 1. The Balaban J connectivity index is 2.05. The van der Waals surface area contributed by atoms with Gasteiger partial charge in [0.1, 0.15) is 6.54 Å². The summed E-state index contributed by atoms with van der Waals surface area (Å²) >= 11 is 0. The topological polar surface area (TPSA) is 69.6 Å². The highest BCUT2D eigenvalue weighted by Gasteiger charge is 2.18. The van der Waals surface area contributed by atoms with E-state index in [9.17, 15) is 9.59 Å². The predicted octanol–water partition coefficient (Wildman–Crippen LogP) is 2.52. The number of aryl methyl sites for hydroxylation is 1. The summed E-state index contributed by atoms with van der Waals surface area (Å²) in [6.07, 6.45) is 0. The number of nitrogens with zero attached hydrogens (tertiary/aromatic N) is 1. The molecule has 5 heteroatoms. The van der Waals surface area contributed by atoms with Crippen LogP contribution in [0.3, 0.4) is 0 Å². The summed E-state index contributed by atoms with van der Waals surface area (Å²) in [6, 6.07) is 16.4. The molecule has 0 bridgehead atoms. The quantitative estimate of drug-likeness (QED) is 0.860. The van der Waals surface area contributed by atoms with E-state index in [0.717, 1.165) is 11.3 Å². The molecule has 2 aromatic carbocycles. The highest BCUT2D eigenvalue weighted by Crippen LogP contribution is 2.14. The molecule has 0 heterocycles.